The van der Waals surface area contributed by atoms with Crippen LogP contribution in [0.3, 0.4) is 0 Å². The van der Waals surface area contributed by atoms with E-state index >= 15 is 0 Å². The van der Waals surface area contributed by atoms with E-state index in [0.717, 1.165) is 12.4 Å². The molecule has 3 heteroatoms. The summed E-state index contributed by atoms with van der Waals surface area (Å²) in [4.78, 5) is 15.3. The first kappa shape index (κ1) is 8.24. The quantitative estimate of drug-likeness (QED) is 0.554. The lowest BCUT2D eigenvalue weighted by Gasteiger charge is -2.17. The van der Waals surface area contributed by atoms with E-state index in [4.69, 9.17) is 0 Å². The molecule has 0 fully saturated rings. The van der Waals surface area contributed by atoms with E-state index in [2.05, 4.69) is 24.2 Å². The molecule has 11 heavy (non-hydrogen) atoms. The van der Waals surface area contributed by atoms with Crippen LogP contribution in [0.15, 0.2) is 4.99 Å². The molecule has 0 spiro atoms. The lowest BCUT2D eigenvalue weighted by atomic mass is 9.89. The zero-order valence-corrected chi connectivity index (χ0v) is 7.27. The van der Waals surface area contributed by atoms with Gasteiger partial charge in [0.1, 0.15) is 0 Å². The Hall–Kier alpha value is -0.860. The molecule has 0 saturated heterocycles. The Balaban J connectivity index is 2.75. The van der Waals surface area contributed by atoms with E-state index in [0.29, 0.717) is 6.42 Å². The van der Waals surface area contributed by atoms with Crippen LogP contribution in [0.2, 0.25) is 0 Å². The molecule has 3 nitrogen and oxygen atoms in total. The third kappa shape index (κ3) is 2.33. The van der Waals surface area contributed by atoms with Crippen LogP contribution in [0.25, 0.3) is 0 Å². The molecule has 0 unspecified atom stereocenters. The van der Waals surface area contributed by atoms with Crippen LogP contribution in [0.5, 0.6) is 0 Å². The van der Waals surface area contributed by atoms with Gasteiger partial charge in [-0.2, -0.15) is 0 Å². The highest BCUT2D eigenvalue weighted by molar-refractivity contribution is 5.97. The summed E-state index contributed by atoms with van der Waals surface area (Å²) in [6, 6.07) is 0. The van der Waals surface area contributed by atoms with Crippen LogP contribution < -0.4 is 5.32 Å². The van der Waals surface area contributed by atoms with Gasteiger partial charge in [-0.1, -0.05) is 13.8 Å². The molecule has 0 aromatic rings. The van der Waals surface area contributed by atoms with E-state index in [-0.39, 0.29) is 11.3 Å². The third-order valence-electron chi connectivity index (χ3n) is 1.70. The summed E-state index contributed by atoms with van der Waals surface area (Å²) < 4.78 is 0. The standard InChI is InChI=1S/C8H14N2O/c1-6-9-5-8(2,3)4-7(11)10-6/h4-5H2,1-3H3,(H,9,10,11). The highest BCUT2D eigenvalue weighted by Gasteiger charge is 2.24. The minimum atomic E-state index is 0.0157. The molecule has 0 radical (unpaired) electrons. The number of aliphatic imine (C=N–C) groups is 1. The molecule has 1 rings (SSSR count). The van der Waals surface area contributed by atoms with Crippen molar-refractivity contribution in [2.24, 2.45) is 10.4 Å². The highest BCUT2D eigenvalue weighted by atomic mass is 16.1. The summed E-state index contributed by atoms with van der Waals surface area (Å²) in [7, 11) is 0. The van der Waals surface area contributed by atoms with Gasteiger partial charge in [-0.3, -0.25) is 9.79 Å². The SMILES string of the molecule is CC1=NCC(C)(C)CC(=O)N1. The minimum absolute atomic E-state index is 0.0157. The summed E-state index contributed by atoms with van der Waals surface area (Å²) >= 11 is 0. The van der Waals surface area contributed by atoms with Gasteiger partial charge in [0.25, 0.3) is 0 Å². The van der Waals surface area contributed by atoms with Crippen molar-refractivity contribution in [3.63, 3.8) is 0 Å². The fourth-order valence-electron chi connectivity index (χ4n) is 1.11. The van der Waals surface area contributed by atoms with Crippen molar-refractivity contribution < 1.29 is 4.79 Å². The van der Waals surface area contributed by atoms with Crippen molar-refractivity contribution >= 4 is 11.7 Å². The highest BCUT2D eigenvalue weighted by Crippen LogP contribution is 2.21. The van der Waals surface area contributed by atoms with Gasteiger partial charge in [-0.25, -0.2) is 0 Å². The van der Waals surface area contributed by atoms with Crippen LogP contribution in [0.4, 0.5) is 0 Å². The normalized spacial score (nSPS) is 23.5. The molecule has 1 heterocycles. The molecule has 1 N–H and O–H groups in total. The van der Waals surface area contributed by atoms with E-state index in [1.165, 1.54) is 0 Å². The van der Waals surface area contributed by atoms with Crippen molar-refractivity contribution in [1.29, 1.82) is 0 Å². The first-order valence-electron chi connectivity index (χ1n) is 3.80. The molecule has 0 bridgehead atoms. The van der Waals surface area contributed by atoms with Crippen LogP contribution in [-0.4, -0.2) is 18.3 Å². The summed E-state index contributed by atoms with van der Waals surface area (Å²) in [5.74, 6) is 0.814. The predicted molar refractivity (Wildman–Crippen MR) is 44.5 cm³/mol. The number of amides is 1. The summed E-state index contributed by atoms with van der Waals surface area (Å²) in [6.45, 7) is 6.65. The summed E-state index contributed by atoms with van der Waals surface area (Å²) in [5.41, 5.74) is 0.0157. The monoisotopic (exact) mass is 154 g/mol. The van der Waals surface area contributed by atoms with Gasteiger partial charge in [0.2, 0.25) is 5.91 Å². The molecule has 0 aromatic heterocycles. The molecular weight excluding hydrogens is 140 g/mol. The Labute approximate surface area is 66.9 Å². The summed E-state index contributed by atoms with van der Waals surface area (Å²) in [5, 5.41) is 2.71. The number of nitrogens with zero attached hydrogens (tertiary/aromatic N) is 1. The molecule has 0 atom stereocenters. The van der Waals surface area contributed by atoms with E-state index in [1.54, 1.807) is 0 Å². The molecule has 0 saturated carbocycles. The van der Waals surface area contributed by atoms with Gasteiger partial charge in [-0.05, 0) is 12.3 Å². The number of rotatable bonds is 0. The average Bonchev–Trinajstić information content (AvgIpc) is 1.90. The van der Waals surface area contributed by atoms with Crippen molar-refractivity contribution in [3.8, 4) is 0 Å². The average molecular weight is 154 g/mol. The second kappa shape index (κ2) is 2.64. The fraction of sp³-hybridized carbons (Fsp3) is 0.750. The van der Waals surface area contributed by atoms with Gasteiger partial charge >= 0.3 is 0 Å². The summed E-state index contributed by atoms with van der Waals surface area (Å²) in [6.07, 6.45) is 0.563. The van der Waals surface area contributed by atoms with Crippen molar-refractivity contribution in [2.45, 2.75) is 27.2 Å². The first-order valence-corrected chi connectivity index (χ1v) is 3.80. The number of carbonyl (C=O) groups is 1. The number of nitrogens with one attached hydrogen (secondary N) is 1. The van der Waals surface area contributed by atoms with Crippen LogP contribution in [0, 0.1) is 5.41 Å². The Morgan fingerprint density at radius 3 is 2.82 bits per heavy atom. The maximum atomic E-state index is 11.1. The Morgan fingerprint density at radius 1 is 1.55 bits per heavy atom. The number of hydrogen-bond donors (Lipinski definition) is 1. The zero-order valence-electron chi connectivity index (χ0n) is 7.27. The van der Waals surface area contributed by atoms with Crippen LogP contribution in [-0.2, 0) is 4.79 Å². The molecule has 1 aliphatic heterocycles. The largest absolute Gasteiger partial charge is 0.315 e. The van der Waals surface area contributed by atoms with Gasteiger partial charge < -0.3 is 5.32 Å². The number of carbonyl (C=O) groups excluding carboxylic acids is 1. The lowest BCUT2D eigenvalue weighted by Crippen LogP contribution is -2.28. The minimum Gasteiger partial charge on any atom is -0.315 e. The molecule has 0 aliphatic carbocycles. The van der Waals surface area contributed by atoms with Crippen molar-refractivity contribution in [1.82, 2.24) is 5.32 Å². The second-order valence-corrected chi connectivity index (χ2v) is 3.79. The molecular formula is C8H14N2O. The van der Waals surface area contributed by atoms with E-state index in [9.17, 15) is 4.79 Å². The fourth-order valence-corrected chi connectivity index (χ4v) is 1.11. The Bertz CT molecular complexity index is 206. The maximum absolute atomic E-state index is 11.1. The first-order chi connectivity index (χ1) is 4.99. The van der Waals surface area contributed by atoms with Gasteiger partial charge in [-0.15, -0.1) is 0 Å². The van der Waals surface area contributed by atoms with Gasteiger partial charge in [0.05, 0.1) is 5.84 Å². The topological polar surface area (TPSA) is 41.5 Å². The molecule has 0 aromatic carbocycles. The van der Waals surface area contributed by atoms with Crippen molar-refractivity contribution in [3.05, 3.63) is 0 Å². The lowest BCUT2D eigenvalue weighted by molar-refractivity contribution is -0.121. The van der Waals surface area contributed by atoms with E-state index in [1.807, 2.05) is 6.92 Å². The number of amidine groups is 1. The second-order valence-electron chi connectivity index (χ2n) is 3.79. The number of hydrogen-bond acceptors (Lipinski definition) is 2. The van der Waals surface area contributed by atoms with Crippen LogP contribution in [0.1, 0.15) is 27.2 Å². The van der Waals surface area contributed by atoms with Crippen molar-refractivity contribution in [2.75, 3.05) is 6.54 Å². The molecule has 62 valence electrons. The van der Waals surface area contributed by atoms with Gasteiger partial charge in [0, 0.05) is 13.0 Å². The zero-order chi connectivity index (χ0) is 8.48. The Morgan fingerprint density at radius 2 is 2.18 bits per heavy atom. The maximum Gasteiger partial charge on any atom is 0.225 e. The Kier molecular flexibility index (Phi) is 1.98. The smallest absolute Gasteiger partial charge is 0.225 e. The predicted octanol–water partition coefficient (Wildman–Crippen LogP) is 0.951. The molecule has 1 aliphatic rings. The third-order valence-corrected chi connectivity index (χ3v) is 1.70. The van der Waals surface area contributed by atoms with E-state index < -0.39 is 0 Å². The van der Waals surface area contributed by atoms with Crippen LogP contribution >= 0.6 is 0 Å². The van der Waals surface area contributed by atoms with Gasteiger partial charge in [0.15, 0.2) is 0 Å². The molecule has 1 amide bonds.